The zero-order valence-electron chi connectivity index (χ0n) is 62.6. The van der Waals surface area contributed by atoms with Crippen LogP contribution in [0.3, 0.4) is 0 Å². The lowest BCUT2D eigenvalue weighted by molar-refractivity contribution is -0.143. The van der Waals surface area contributed by atoms with Crippen LogP contribution in [0.1, 0.15) is 144 Å². The second-order valence-electron chi connectivity index (χ2n) is 28.1. The van der Waals surface area contributed by atoms with Crippen LogP contribution in [-0.4, -0.2) is 237 Å². The number of unbranched alkanes of at least 4 members (excludes halogenated alkanes) is 1. The molecule has 0 spiro atoms. The van der Waals surface area contributed by atoms with E-state index in [1.54, 1.807) is 65.1 Å². The van der Waals surface area contributed by atoms with Gasteiger partial charge in [-0.15, -0.1) is 0 Å². The number of H-pyrrole nitrogens is 1. The number of aromatic amines is 1. The molecule has 109 heavy (non-hydrogen) atoms. The third-order valence-electron chi connectivity index (χ3n) is 17.5. The first kappa shape index (κ1) is 92.3. The molecule has 13 atom stereocenters. The Kier molecular flexibility index (Phi) is 38.7. The number of carbonyl (C=O) groups is 18. The van der Waals surface area contributed by atoms with Gasteiger partial charge in [0.2, 0.25) is 94.5 Å². The maximum atomic E-state index is 14.5. The van der Waals surface area contributed by atoms with Crippen molar-refractivity contribution >= 4 is 117 Å². The Morgan fingerprint density at radius 3 is 1.43 bits per heavy atom. The topological polar surface area (TPSA) is 661 Å². The number of nitrogens with zero attached hydrogens (tertiary/aromatic N) is 1. The fraction of sp³-hybridized carbons (Fsp3) is 0.623. The molecular weight excluding hydrogens is 1430 g/mol. The Morgan fingerprint density at radius 1 is 0.514 bits per heavy atom. The van der Waals surface area contributed by atoms with Crippen LogP contribution in [0.15, 0.2) is 30.5 Å². The second kappa shape index (κ2) is 45.7. The summed E-state index contributed by atoms with van der Waals surface area (Å²) in [6.07, 6.45) is -3.61. The number of carbonyl (C=O) groups excluding carboxylic acids is 16. The Morgan fingerprint density at radius 2 is 0.954 bits per heavy atom. The lowest BCUT2D eigenvalue weighted by Crippen LogP contribution is -2.62. The van der Waals surface area contributed by atoms with Crippen molar-refractivity contribution in [2.45, 2.75) is 218 Å². The minimum absolute atomic E-state index is 0.0409. The highest BCUT2D eigenvalue weighted by atomic mass is 16.4. The van der Waals surface area contributed by atoms with Crippen LogP contribution in [0.4, 0.5) is 0 Å². The number of aliphatic hydroxyl groups excluding tert-OH is 1. The first-order chi connectivity index (χ1) is 51.2. The molecule has 40 heteroatoms. The molecule has 1 aliphatic heterocycles. The SMILES string of the molecule is CC[C@H](C)[C@@H]1NC(=O)[C@H](CCCCN)NC(=O)[C@H](CC(C)C)NC(=O)[C@H](CO)NC(=O)[C@H](CC(N)=O)NC(=O)[C@H](Cc2c[nH]c3ccccc23)NC(=O)CC(N)C(=O)NCCCCN(CC(N)=O)C(=O)[C@H](C(C)C)NC(=O)[C@H](CC(=O)O)NC(=O)[C@H](CC(C)C)NC(=O)[C@H](CC(N)=O)NC(=O)[C@H](CC(=O)O)NC1=O. The number of nitrogens with two attached hydrogens (primary N) is 5. The molecule has 0 aliphatic carbocycles. The van der Waals surface area contributed by atoms with Crippen molar-refractivity contribution < 1.29 is 102 Å². The van der Waals surface area contributed by atoms with Crippen LogP contribution in [0, 0.1) is 23.7 Å². The van der Waals surface area contributed by atoms with Crippen molar-refractivity contribution in [2.24, 2.45) is 52.3 Å². The molecule has 1 aromatic carbocycles. The fourth-order valence-electron chi connectivity index (χ4n) is 11.5. The van der Waals surface area contributed by atoms with Crippen LogP contribution in [0.25, 0.3) is 10.9 Å². The monoisotopic (exact) mass is 1540 g/mol. The van der Waals surface area contributed by atoms with E-state index in [0.717, 1.165) is 4.90 Å². The summed E-state index contributed by atoms with van der Waals surface area (Å²) in [5.41, 5.74) is 29.7. The predicted octanol–water partition coefficient (Wildman–Crippen LogP) is -6.40. The predicted molar refractivity (Wildman–Crippen MR) is 389 cm³/mol. The number of amides is 16. The zero-order chi connectivity index (χ0) is 82.1. The second-order valence-corrected chi connectivity index (χ2v) is 28.1. The Bertz CT molecular complexity index is 3570. The summed E-state index contributed by atoms with van der Waals surface area (Å²) in [4.78, 5) is 251. The van der Waals surface area contributed by atoms with Gasteiger partial charge >= 0.3 is 11.9 Å². The van der Waals surface area contributed by atoms with Crippen molar-refractivity contribution in [3.8, 4) is 0 Å². The Balaban J connectivity index is 2.23. The summed E-state index contributed by atoms with van der Waals surface area (Å²) in [6, 6.07) is -14.3. The van der Waals surface area contributed by atoms with Gasteiger partial charge in [-0.3, -0.25) is 86.3 Å². The van der Waals surface area contributed by atoms with Crippen LogP contribution < -0.4 is 92.5 Å². The summed E-state index contributed by atoms with van der Waals surface area (Å²) >= 11 is 0. The number of aliphatic hydroxyl groups is 1. The van der Waals surface area contributed by atoms with Crippen molar-refractivity contribution in [3.05, 3.63) is 36.0 Å². The van der Waals surface area contributed by atoms with Gasteiger partial charge in [-0.1, -0.05) is 80.0 Å². The molecule has 2 heterocycles. The molecule has 16 amide bonds. The number of hydrogen-bond donors (Lipinski definition) is 21. The summed E-state index contributed by atoms with van der Waals surface area (Å²) in [5.74, 6) is -23.9. The molecule has 1 aromatic heterocycles. The number of carboxylic acids is 2. The van der Waals surface area contributed by atoms with E-state index in [-0.39, 0.29) is 71.0 Å². The zero-order valence-corrected chi connectivity index (χ0v) is 62.6. The molecule has 1 aliphatic rings. The van der Waals surface area contributed by atoms with E-state index >= 15 is 0 Å². The van der Waals surface area contributed by atoms with Gasteiger partial charge in [0.05, 0.1) is 51.3 Å². The first-order valence-corrected chi connectivity index (χ1v) is 36.0. The molecule has 0 radical (unpaired) electrons. The minimum Gasteiger partial charge on any atom is -0.481 e. The number of carboxylic acid groups (broad SMARTS) is 2. The van der Waals surface area contributed by atoms with Crippen molar-refractivity contribution in [2.75, 3.05) is 32.8 Å². The van der Waals surface area contributed by atoms with Crippen LogP contribution >= 0.6 is 0 Å². The molecule has 1 fully saturated rings. The summed E-state index contributed by atoms with van der Waals surface area (Å²) in [5, 5.41) is 60.0. The number of benzene rings is 1. The number of nitrogens with one attached hydrogen (secondary N) is 13. The third kappa shape index (κ3) is 31.8. The molecule has 2 aromatic rings. The third-order valence-corrected chi connectivity index (χ3v) is 17.5. The molecule has 606 valence electrons. The van der Waals surface area contributed by atoms with E-state index in [0.29, 0.717) is 22.9 Å². The van der Waals surface area contributed by atoms with Gasteiger partial charge in [0.25, 0.3) is 0 Å². The van der Waals surface area contributed by atoms with Gasteiger partial charge in [0.15, 0.2) is 0 Å². The van der Waals surface area contributed by atoms with Crippen molar-refractivity contribution in [1.82, 2.24) is 73.7 Å². The van der Waals surface area contributed by atoms with Crippen LogP contribution in [0.5, 0.6) is 0 Å². The van der Waals surface area contributed by atoms with Gasteiger partial charge in [-0.2, -0.15) is 0 Å². The maximum absolute atomic E-state index is 14.5. The van der Waals surface area contributed by atoms with E-state index in [1.165, 1.54) is 20.8 Å². The first-order valence-electron chi connectivity index (χ1n) is 36.0. The molecule has 1 unspecified atom stereocenters. The Hall–Kier alpha value is -10.9. The van der Waals surface area contributed by atoms with E-state index in [1.807, 2.05) is 0 Å². The molecule has 0 saturated carbocycles. The number of fused-ring (bicyclic) bond motifs is 1. The largest absolute Gasteiger partial charge is 0.481 e. The van der Waals surface area contributed by atoms with Gasteiger partial charge in [0.1, 0.15) is 66.5 Å². The maximum Gasteiger partial charge on any atom is 0.305 e. The number of primary amides is 3. The van der Waals surface area contributed by atoms with Crippen LogP contribution in [-0.2, 0) is 92.7 Å². The average Bonchev–Trinajstić information content (AvgIpc) is 1.74. The van der Waals surface area contributed by atoms with Gasteiger partial charge in [-0.25, -0.2) is 0 Å². The van der Waals surface area contributed by atoms with Crippen molar-refractivity contribution in [3.63, 3.8) is 0 Å². The molecular formula is C69H109N19O21. The number of hydrogen-bond acceptors (Lipinski definition) is 21. The molecule has 3 rings (SSSR count). The van der Waals surface area contributed by atoms with E-state index in [9.17, 15) is 102 Å². The number of aromatic nitrogens is 1. The Labute approximate surface area is 629 Å². The molecule has 1 saturated heterocycles. The van der Waals surface area contributed by atoms with Crippen LogP contribution in [0.2, 0.25) is 0 Å². The highest BCUT2D eigenvalue weighted by Crippen LogP contribution is 2.21. The lowest BCUT2D eigenvalue weighted by Gasteiger charge is -2.31. The summed E-state index contributed by atoms with van der Waals surface area (Å²) < 4.78 is 0. The molecule has 26 N–H and O–H groups in total. The molecule has 40 nitrogen and oxygen atoms in total. The van der Waals surface area contributed by atoms with E-state index in [2.05, 4.69) is 68.8 Å². The number of rotatable bonds is 24. The fourth-order valence-corrected chi connectivity index (χ4v) is 11.5. The number of aliphatic carboxylic acids is 2. The molecule has 0 bridgehead atoms. The summed E-state index contributed by atoms with van der Waals surface area (Å²) in [7, 11) is 0. The average molecular weight is 1540 g/mol. The standard InChI is InChI=1S/C69H109N19O21/c1-9-36(8)57-68(108)84-47(28-54(94)95)65(105)82-45(26-50(72)90)63(103)79-43(23-34(4)5)61(101)83-48(29-55(96)97)66(106)86-56(35(6)7)69(109)88(31-52(74)92)21-15-14-20-75-58(98)39(71)25-53(93)77-44(24-37-30-76-40-17-11-10-16-38(37)40)62(102)81-46(27-51(73)91)64(104)85-49(32-89)67(107)80-42(22-33(2)3)60(100)78-41(59(99)87-57)18-12-13-19-70/h10-11,16-17,30,33-36,39,41-49,56-57,76,89H,9,12-15,18-29,31-32,70-71H2,1-8H3,(H2,72,90)(H2,73,91)(H2,74,92)(H,75,98)(H,77,93)(H,78,100)(H,79,103)(H,80,107)(H,81,102)(H,82,105)(H,83,101)(H,84,108)(H,85,104)(H,86,106)(H,87,99)(H,94,95)(H,96,97)/t36-,39?,41-,42-,43-,44-,45-,46-,47-,48-,49-,56-,57-/m0/s1. The highest BCUT2D eigenvalue weighted by molar-refractivity contribution is 6.02. The van der Waals surface area contributed by atoms with Gasteiger partial charge in [0, 0.05) is 36.6 Å². The highest BCUT2D eigenvalue weighted by Gasteiger charge is 2.40. The number of para-hydroxylation sites is 1. The normalized spacial score (nSPS) is 24.6. The van der Waals surface area contributed by atoms with E-state index < -0.39 is 248 Å². The smallest absolute Gasteiger partial charge is 0.305 e. The quantitative estimate of drug-likeness (QED) is 0.0435. The van der Waals surface area contributed by atoms with E-state index in [4.69, 9.17) is 28.7 Å². The summed E-state index contributed by atoms with van der Waals surface area (Å²) in [6.45, 7) is 10.5. The van der Waals surface area contributed by atoms with Gasteiger partial charge < -0.3 is 118 Å². The van der Waals surface area contributed by atoms with Crippen molar-refractivity contribution in [1.29, 1.82) is 0 Å². The lowest BCUT2D eigenvalue weighted by atomic mass is 9.96. The minimum atomic E-state index is -2.10. The van der Waals surface area contributed by atoms with Gasteiger partial charge in [-0.05, 0) is 86.8 Å².